The molecule has 9 nitrogen and oxygen atoms in total. The number of hydrogen-bond donors (Lipinski definition) is 1. The number of piperazine rings is 1. The number of carbonyl (C=O) groups is 1. The quantitative estimate of drug-likeness (QED) is 0.467. The summed E-state index contributed by atoms with van der Waals surface area (Å²) in [5.74, 6) is 1.49. The molecule has 6 rings (SSSR count). The molecule has 0 spiro atoms. The van der Waals surface area contributed by atoms with Crippen molar-refractivity contribution in [2.45, 2.75) is 20.0 Å². The molecular weight excluding hydrogens is 454 g/mol. The molecule has 1 N–H and O–H groups in total. The fourth-order valence-corrected chi connectivity index (χ4v) is 5.19. The van der Waals surface area contributed by atoms with E-state index in [0.717, 1.165) is 73.0 Å². The Morgan fingerprint density at radius 2 is 1.86 bits per heavy atom. The molecule has 4 aromatic rings. The number of fused-ring (bicyclic) bond motifs is 4. The molecule has 2 aromatic carbocycles. The average Bonchev–Trinajstić information content (AvgIpc) is 3.36. The Hall–Kier alpha value is -3.98. The number of carbonyl (C=O) groups excluding carboxylic acids is 1. The fourth-order valence-electron chi connectivity index (χ4n) is 5.19. The number of aromatic nitrogens is 4. The molecule has 36 heavy (non-hydrogen) atoms. The SMILES string of the molecule is CNC(=O)c1ncn2c1COc1c(CCN3CCN(c4cccc5nc(C)ncc45)CC3)cccc1-2. The highest BCUT2D eigenvalue weighted by Crippen LogP contribution is 2.34. The molecule has 1 amide bonds. The van der Waals surface area contributed by atoms with Crippen LogP contribution in [0.15, 0.2) is 48.9 Å². The second-order valence-corrected chi connectivity index (χ2v) is 9.25. The Labute approximate surface area is 209 Å². The van der Waals surface area contributed by atoms with Gasteiger partial charge >= 0.3 is 0 Å². The van der Waals surface area contributed by atoms with E-state index in [2.05, 4.69) is 60.4 Å². The summed E-state index contributed by atoms with van der Waals surface area (Å²) in [5.41, 5.74) is 5.53. The second kappa shape index (κ2) is 9.23. The summed E-state index contributed by atoms with van der Waals surface area (Å²) in [6.07, 6.45) is 4.56. The minimum absolute atomic E-state index is 0.197. The minimum atomic E-state index is -0.197. The lowest BCUT2D eigenvalue weighted by Crippen LogP contribution is -2.47. The summed E-state index contributed by atoms with van der Waals surface area (Å²) in [7, 11) is 1.61. The number of ether oxygens (including phenoxy) is 1. The molecule has 1 fully saturated rings. The van der Waals surface area contributed by atoms with Gasteiger partial charge < -0.3 is 15.0 Å². The average molecular weight is 484 g/mol. The molecule has 0 unspecified atom stereocenters. The van der Waals surface area contributed by atoms with Gasteiger partial charge in [-0.1, -0.05) is 18.2 Å². The number of rotatable bonds is 5. The number of benzene rings is 2. The van der Waals surface area contributed by atoms with Crippen LogP contribution in [0.4, 0.5) is 5.69 Å². The van der Waals surface area contributed by atoms with Gasteiger partial charge in [-0.2, -0.15) is 0 Å². The van der Waals surface area contributed by atoms with Crippen LogP contribution < -0.4 is 15.0 Å². The lowest BCUT2D eigenvalue weighted by Gasteiger charge is -2.36. The molecule has 0 radical (unpaired) electrons. The Morgan fingerprint density at radius 3 is 2.69 bits per heavy atom. The highest BCUT2D eigenvalue weighted by Gasteiger charge is 2.26. The van der Waals surface area contributed by atoms with E-state index >= 15 is 0 Å². The molecule has 2 aromatic heterocycles. The Bertz CT molecular complexity index is 1440. The van der Waals surface area contributed by atoms with E-state index in [1.807, 2.05) is 23.8 Å². The van der Waals surface area contributed by atoms with E-state index in [1.54, 1.807) is 13.4 Å². The summed E-state index contributed by atoms with van der Waals surface area (Å²) in [5, 5.41) is 3.76. The number of anilines is 1. The lowest BCUT2D eigenvalue weighted by molar-refractivity contribution is 0.0955. The van der Waals surface area contributed by atoms with Gasteiger partial charge in [-0.05, 0) is 37.1 Å². The van der Waals surface area contributed by atoms with Gasteiger partial charge in [-0.25, -0.2) is 15.0 Å². The monoisotopic (exact) mass is 483 g/mol. The molecule has 2 aliphatic heterocycles. The number of amides is 1. The third kappa shape index (κ3) is 3.95. The van der Waals surface area contributed by atoms with Gasteiger partial charge in [-0.3, -0.25) is 14.3 Å². The van der Waals surface area contributed by atoms with Crippen molar-refractivity contribution in [2.24, 2.45) is 0 Å². The van der Waals surface area contributed by atoms with Crippen molar-refractivity contribution in [1.82, 2.24) is 29.7 Å². The summed E-state index contributed by atoms with van der Waals surface area (Å²) in [6.45, 7) is 7.16. The summed E-state index contributed by atoms with van der Waals surface area (Å²) in [4.78, 5) is 30.4. The number of imidazole rings is 1. The van der Waals surface area contributed by atoms with Gasteiger partial charge in [0.2, 0.25) is 0 Å². The molecule has 0 bridgehead atoms. The maximum absolute atomic E-state index is 12.1. The lowest BCUT2D eigenvalue weighted by atomic mass is 10.1. The standard InChI is InChI=1S/C27H29N7O2/c1-18-29-15-20-21(31-18)6-4-7-22(20)33-13-11-32(12-14-33)10-9-19-5-3-8-23-26(19)36-16-24-25(27(35)28-2)30-17-34(23)24/h3-8,15,17H,9-14,16H2,1-2H3,(H,28,35). The van der Waals surface area contributed by atoms with Crippen LogP contribution in [-0.4, -0.2) is 70.1 Å². The number of para-hydroxylation sites is 1. The van der Waals surface area contributed by atoms with Gasteiger partial charge in [0.1, 0.15) is 24.5 Å². The van der Waals surface area contributed by atoms with E-state index in [4.69, 9.17) is 4.74 Å². The molecule has 0 aliphatic carbocycles. The first-order valence-corrected chi connectivity index (χ1v) is 12.4. The van der Waals surface area contributed by atoms with Crippen molar-refractivity contribution in [2.75, 3.05) is 44.7 Å². The topological polar surface area (TPSA) is 88.4 Å². The smallest absolute Gasteiger partial charge is 0.271 e. The maximum Gasteiger partial charge on any atom is 0.271 e. The molecular formula is C27H29N7O2. The van der Waals surface area contributed by atoms with E-state index in [9.17, 15) is 4.79 Å². The van der Waals surface area contributed by atoms with Crippen LogP contribution in [-0.2, 0) is 13.0 Å². The summed E-state index contributed by atoms with van der Waals surface area (Å²) in [6, 6.07) is 12.5. The number of nitrogens with zero attached hydrogens (tertiary/aromatic N) is 6. The van der Waals surface area contributed by atoms with Crippen molar-refractivity contribution in [3.05, 3.63) is 71.7 Å². The highest BCUT2D eigenvalue weighted by atomic mass is 16.5. The second-order valence-electron chi connectivity index (χ2n) is 9.25. The van der Waals surface area contributed by atoms with Gasteiger partial charge in [-0.15, -0.1) is 0 Å². The van der Waals surface area contributed by atoms with Crippen molar-refractivity contribution in [1.29, 1.82) is 0 Å². The van der Waals surface area contributed by atoms with Crippen molar-refractivity contribution < 1.29 is 9.53 Å². The minimum Gasteiger partial charge on any atom is -0.485 e. The van der Waals surface area contributed by atoms with E-state index < -0.39 is 0 Å². The molecule has 184 valence electrons. The predicted molar refractivity (Wildman–Crippen MR) is 138 cm³/mol. The van der Waals surface area contributed by atoms with Gasteiger partial charge in [0.15, 0.2) is 5.69 Å². The van der Waals surface area contributed by atoms with Crippen LogP contribution in [0.5, 0.6) is 5.75 Å². The fraction of sp³-hybridized carbons (Fsp3) is 0.333. The van der Waals surface area contributed by atoms with Crippen LogP contribution in [0, 0.1) is 6.92 Å². The van der Waals surface area contributed by atoms with Crippen LogP contribution in [0.1, 0.15) is 27.6 Å². The maximum atomic E-state index is 12.1. The molecule has 0 saturated carbocycles. The number of aryl methyl sites for hydroxylation is 1. The van der Waals surface area contributed by atoms with Gasteiger partial charge in [0.25, 0.3) is 5.91 Å². The predicted octanol–water partition coefficient (Wildman–Crippen LogP) is 2.74. The van der Waals surface area contributed by atoms with Crippen LogP contribution in [0.3, 0.4) is 0 Å². The van der Waals surface area contributed by atoms with Crippen molar-refractivity contribution >= 4 is 22.5 Å². The highest BCUT2D eigenvalue weighted by molar-refractivity contribution is 5.93. The molecule has 0 atom stereocenters. The Kier molecular flexibility index (Phi) is 5.77. The largest absolute Gasteiger partial charge is 0.485 e. The van der Waals surface area contributed by atoms with Crippen molar-refractivity contribution in [3.8, 4) is 11.4 Å². The van der Waals surface area contributed by atoms with Crippen LogP contribution >= 0.6 is 0 Å². The molecule has 1 saturated heterocycles. The van der Waals surface area contributed by atoms with Gasteiger partial charge in [0, 0.05) is 57.0 Å². The van der Waals surface area contributed by atoms with E-state index in [1.165, 1.54) is 11.3 Å². The number of hydrogen-bond acceptors (Lipinski definition) is 7. The van der Waals surface area contributed by atoms with Crippen molar-refractivity contribution in [3.63, 3.8) is 0 Å². The zero-order chi connectivity index (χ0) is 24.6. The Balaban J connectivity index is 1.13. The van der Waals surface area contributed by atoms with Gasteiger partial charge in [0.05, 0.1) is 16.9 Å². The summed E-state index contributed by atoms with van der Waals surface area (Å²) >= 11 is 0. The normalized spacial score (nSPS) is 15.3. The molecule has 2 aliphatic rings. The first kappa shape index (κ1) is 22.5. The zero-order valence-corrected chi connectivity index (χ0v) is 20.6. The van der Waals surface area contributed by atoms with E-state index in [-0.39, 0.29) is 5.91 Å². The summed E-state index contributed by atoms with van der Waals surface area (Å²) < 4.78 is 8.13. The Morgan fingerprint density at radius 1 is 1.06 bits per heavy atom. The van der Waals surface area contributed by atoms with Crippen LogP contribution in [0.2, 0.25) is 0 Å². The number of nitrogens with one attached hydrogen (secondary N) is 1. The first-order valence-electron chi connectivity index (χ1n) is 12.4. The first-order chi connectivity index (χ1) is 17.6. The third-order valence-electron chi connectivity index (χ3n) is 7.13. The van der Waals surface area contributed by atoms with E-state index in [0.29, 0.717) is 12.3 Å². The van der Waals surface area contributed by atoms with Crippen LogP contribution in [0.25, 0.3) is 16.6 Å². The zero-order valence-electron chi connectivity index (χ0n) is 20.6. The third-order valence-corrected chi connectivity index (χ3v) is 7.13. The molecule has 4 heterocycles. The molecule has 9 heteroatoms.